The van der Waals surface area contributed by atoms with E-state index in [9.17, 15) is 19.6 Å². The number of aryl methyl sites for hydroxylation is 1. The van der Waals surface area contributed by atoms with Crippen molar-refractivity contribution in [1.82, 2.24) is 5.32 Å². The highest BCUT2D eigenvalue weighted by atomic mass is 32.1. The number of esters is 1. The van der Waals surface area contributed by atoms with Gasteiger partial charge >= 0.3 is 5.97 Å². The van der Waals surface area contributed by atoms with Crippen molar-refractivity contribution in [3.63, 3.8) is 0 Å². The molecule has 0 spiro atoms. The van der Waals surface area contributed by atoms with E-state index in [1.54, 1.807) is 13.8 Å². The summed E-state index contributed by atoms with van der Waals surface area (Å²) in [5.41, 5.74) is -0.122. The fraction of sp³-hybridized carbons (Fsp3) is 0.556. The Morgan fingerprint density at radius 2 is 1.81 bits per heavy atom. The molecule has 0 unspecified atom stereocenters. The molecule has 2 N–H and O–H groups in total. The van der Waals surface area contributed by atoms with Gasteiger partial charge in [-0.25, -0.2) is 4.79 Å². The summed E-state index contributed by atoms with van der Waals surface area (Å²) in [6.07, 6.45) is -1.08. The Bertz CT molecular complexity index is 763. The van der Waals surface area contributed by atoms with Crippen LogP contribution in [0, 0.1) is 31.1 Å². The van der Waals surface area contributed by atoms with Gasteiger partial charge in [-0.3, -0.25) is 9.59 Å². The van der Waals surface area contributed by atoms with Crippen LogP contribution in [0.25, 0.3) is 0 Å². The first-order chi connectivity index (χ1) is 11.9. The predicted molar refractivity (Wildman–Crippen MR) is 100.0 cm³/mol. The maximum atomic E-state index is 12.6. The van der Waals surface area contributed by atoms with Crippen LogP contribution < -0.4 is 10.6 Å². The molecule has 0 bridgehead atoms. The largest absolute Gasteiger partial charge is 0.449 e. The Morgan fingerprint density at radius 3 is 2.27 bits per heavy atom. The van der Waals surface area contributed by atoms with Crippen LogP contribution in [0.1, 0.15) is 55.4 Å². The fourth-order valence-corrected chi connectivity index (χ4v) is 3.15. The van der Waals surface area contributed by atoms with Gasteiger partial charge in [0, 0.05) is 11.8 Å². The molecular weight excluding hydrogens is 354 g/mol. The number of carbonyl (C=O) groups excluding carboxylic acids is 3. The van der Waals surface area contributed by atoms with E-state index >= 15 is 0 Å². The zero-order chi connectivity index (χ0) is 20.2. The third kappa shape index (κ3) is 4.82. The number of nitrogens with one attached hydrogen (secondary N) is 2. The quantitative estimate of drug-likeness (QED) is 0.739. The number of carbonyl (C=O) groups is 3. The lowest BCUT2D eigenvalue weighted by molar-refractivity contribution is -0.130. The van der Waals surface area contributed by atoms with Crippen LogP contribution in [0.3, 0.4) is 0 Å². The predicted octanol–water partition coefficient (Wildman–Crippen LogP) is 2.92. The number of hydrogen-bond donors (Lipinski definition) is 2. The van der Waals surface area contributed by atoms with Crippen molar-refractivity contribution in [2.45, 2.75) is 60.1 Å². The van der Waals surface area contributed by atoms with Crippen LogP contribution in [0.4, 0.5) is 5.00 Å². The zero-order valence-electron chi connectivity index (χ0n) is 16.1. The fourth-order valence-electron chi connectivity index (χ4n) is 2.05. The van der Waals surface area contributed by atoms with Crippen LogP contribution in [-0.4, -0.2) is 29.4 Å². The molecule has 1 heterocycles. The monoisotopic (exact) mass is 379 g/mol. The molecule has 0 fully saturated rings. The highest BCUT2D eigenvalue weighted by Crippen LogP contribution is 2.33. The molecule has 2 atom stereocenters. The highest BCUT2D eigenvalue weighted by molar-refractivity contribution is 7.16. The van der Waals surface area contributed by atoms with Gasteiger partial charge < -0.3 is 15.4 Å². The van der Waals surface area contributed by atoms with Gasteiger partial charge in [0.25, 0.3) is 5.91 Å². The summed E-state index contributed by atoms with van der Waals surface area (Å²) >= 11 is 1.27. The van der Waals surface area contributed by atoms with Crippen molar-refractivity contribution in [1.29, 1.82) is 5.26 Å². The second-order valence-corrected chi connectivity index (χ2v) is 7.90. The van der Waals surface area contributed by atoms with E-state index < -0.39 is 23.5 Å². The van der Waals surface area contributed by atoms with Gasteiger partial charge in [-0.1, -0.05) is 13.8 Å². The first-order valence-corrected chi connectivity index (χ1v) is 9.06. The van der Waals surface area contributed by atoms with Crippen molar-refractivity contribution in [3.8, 4) is 6.07 Å². The number of hydrogen-bond acceptors (Lipinski definition) is 6. The molecule has 1 aromatic rings. The Labute approximate surface area is 157 Å². The van der Waals surface area contributed by atoms with Crippen molar-refractivity contribution in [3.05, 3.63) is 16.0 Å². The first kappa shape index (κ1) is 21.6. The average molecular weight is 379 g/mol. The van der Waals surface area contributed by atoms with Crippen molar-refractivity contribution < 1.29 is 19.1 Å². The second-order valence-electron chi connectivity index (χ2n) is 6.67. The first-order valence-electron chi connectivity index (χ1n) is 8.24. The van der Waals surface area contributed by atoms with Gasteiger partial charge in [-0.05, 0) is 39.2 Å². The lowest BCUT2D eigenvalue weighted by Crippen LogP contribution is -2.52. The Hall–Kier alpha value is -2.40. The van der Waals surface area contributed by atoms with Crippen molar-refractivity contribution in [2.75, 3.05) is 5.32 Å². The molecule has 0 radical (unpaired) electrons. The molecule has 0 aliphatic heterocycles. The molecule has 0 aliphatic rings. The lowest BCUT2D eigenvalue weighted by Gasteiger charge is -2.28. The zero-order valence-corrected chi connectivity index (χ0v) is 17.0. The minimum Gasteiger partial charge on any atom is -0.449 e. The lowest BCUT2D eigenvalue weighted by atomic mass is 9.90. The Kier molecular flexibility index (Phi) is 6.93. The molecule has 0 aliphatic carbocycles. The van der Waals surface area contributed by atoms with Gasteiger partial charge in [0.15, 0.2) is 6.10 Å². The maximum Gasteiger partial charge on any atom is 0.342 e. The van der Waals surface area contributed by atoms with Gasteiger partial charge in [-0.15, -0.1) is 11.3 Å². The third-order valence-electron chi connectivity index (χ3n) is 4.30. The Balaban J connectivity index is 2.96. The number of amides is 2. The summed E-state index contributed by atoms with van der Waals surface area (Å²) in [6.45, 7) is 11.6. The van der Waals surface area contributed by atoms with E-state index in [0.717, 1.165) is 4.88 Å². The number of rotatable bonds is 6. The molecule has 7 nitrogen and oxygen atoms in total. The summed E-state index contributed by atoms with van der Waals surface area (Å²) in [5.74, 6) is -1.66. The molecular formula is C18H25N3O4S. The van der Waals surface area contributed by atoms with Crippen LogP contribution in [0.2, 0.25) is 0 Å². The van der Waals surface area contributed by atoms with E-state index in [2.05, 4.69) is 16.7 Å². The van der Waals surface area contributed by atoms with Gasteiger partial charge in [0.2, 0.25) is 5.91 Å². The van der Waals surface area contributed by atoms with Crippen LogP contribution in [0.5, 0.6) is 0 Å². The summed E-state index contributed by atoms with van der Waals surface area (Å²) in [6, 6.07) is 2.07. The molecule has 8 heteroatoms. The van der Waals surface area contributed by atoms with Gasteiger partial charge in [-0.2, -0.15) is 5.26 Å². The molecule has 1 aromatic heterocycles. The summed E-state index contributed by atoms with van der Waals surface area (Å²) < 4.78 is 5.28. The number of ether oxygens (including phenoxy) is 1. The highest BCUT2D eigenvalue weighted by Gasteiger charge is 2.33. The minimum atomic E-state index is -1.08. The molecule has 142 valence electrons. The molecule has 0 saturated carbocycles. The van der Waals surface area contributed by atoms with E-state index in [0.29, 0.717) is 10.6 Å². The molecule has 0 saturated heterocycles. The second kappa shape index (κ2) is 8.32. The van der Waals surface area contributed by atoms with Crippen molar-refractivity contribution in [2.24, 2.45) is 5.92 Å². The molecule has 1 rings (SSSR count). The Morgan fingerprint density at radius 1 is 1.23 bits per heavy atom. The molecule has 0 aromatic carbocycles. The summed E-state index contributed by atoms with van der Waals surface area (Å²) in [4.78, 5) is 37.1. The van der Waals surface area contributed by atoms with Crippen LogP contribution in [0.15, 0.2) is 0 Å². The third-order valence-corrected chi connectivity index (χ3v) is 5.42. The molecule has 2 amide bonds. The summed E-state index contributed by atoms with van der Waals surface area (Å²) in [5, 5.41) is 14.9. The van der Waals surface area contributed by atoms with E-state index in [1.165, 1.54) is 25.2 Å². The average Bonchev–Trinajstić information content (AvgIpc) is 2.80. The standard InChI is InChI=1S/C18H25N3O4S/c1-9(2)18(7,8-19)21-15(23)11(4)25-17(24)14-10(3)12(5)26-16(14)20-13(6)22/h9,11H,1-7H3,(H,20,22)(H,21,23)/t11-,18+/m0/s1. The van der Waals surface area contributed by atoms with Crippen molar-refractivity contribution >= 4 is 34.1 Å². The van der Waals surface area contributed by atoms with Crippen LogP contribution in [-0.2, 0) is 14.3 Å². The topological polar surface area (TPSA) is 108 Å². The number of thiophene rings is 1. The van der Waals surface area contributed by atoms with E-state index in [-0.39, 0.29) is 17.4 Å². The summed E-state index contributed by atoms with van der Waals surface area (Å²) in [7, 11) is 0. The number of anilines is 1. The smallest absolute Gasteiger partial charge is 0.342 e. The van der Waals surface area contributed by atoms with Gasteiger partial charge in [0.05, 0.1) is 11.6 Å². The van der Waals surface area contributed by atoms with E-state index in [4.69, 9.17) is 4.74 Å². The normalized spacial score (nSPS) is 14.1. The minimum absolute atomic E-state index is 0.118. The molecule has 26 heavy (non-hydrogen) atoms. The maximum absolute atomic E-state index is 12.6. The number of nitrogens with zero attached hydrogens (tertiary/aromatic N) is 1. The van der Waals surface area contributed by atoms with Gasteiger partial charge in [0.1, 0.15) is 10.5 Å². The van der Waals surface area contributed by atoms with Crippen LogP contribution >= 0.6 is 11.3 Å². The number of nitriles is 1. The van der Waals surface area contributed by atoms with E-state index in [1.807, 2.05) is 20.8 Å². The SMILES string of the molecule is CC(=O)Nc1sc(C)c(C)c1C(=O)O[C@@H](C)C(=O)N[C@](C)(C#N)C(C)C.